The molecular formula is C20H35FIN5O2. The van der Waals surface area contributed by atoms with Gasteiger partial charge in [0.15, 0.2) is 5.96 Å². The van der Waals surface area contributed by atoms with E-state index in [0.717, 1.165) is 64.1 Å². The fraction of sp³-hybridized carbons (Fsp3) is 0.650. The number of morpholine rings is 1. The van der Waals surface area contributed by atoms with Crippen molar-refractivity contribution in [3.8, 4) is 0 Å². The van der Waals surface area contributed by atoms with Crippen LogP contribution in [0.4, 0.5) is 4.39 Å². The Balaban J connectivity index is 0.00000420. The SMILES string of the molecule is CN=C(NCCN(C)CCOC)NCC(c1ccc(F)cc1)N1CCOCC1.I. The molecule has 0 saturated carbocycles. The number of ether oxygens (including phenoxy) is 2. The van der Waals surface area contributed by atoms with Gasteiger partial charge in [0.25, 0.3) is 0 Å². The highest BCUT2D eigenvalue weighted by molar-refractivity contribution is 14.0. The third kappa shape index (κ3) is 9.56. The molecule has 0 aromatic heterocycles. The third-order valence-electron chi connectivity index (χ3n) is 4.89. The predicted octanol–water partition coefficient (Wildman–Crippen LogP) is 1.56. The number of aliphatic imine (C=N–C) groups is 1. The number of guanidine groups is 1. The van der Waals surface area contributed by atoms with Crippen molar-refractivity contribution in [1.29, 1.82) is 0 Å². The molecule has 1 fully saturated rings. The van der Waals surface area contributed by atoms with Gasteiger partial charge in [0.2, 0.25) is 0 Å². The lowest BCUT2D eigenvalue weighted by Crippen LogP contribution is -2.47. The van der Waals surface area contributed by atoms with Crippen molar-refractivity contribution in [3.05, 3.63) is 35.6 Å². The molecule has 9 heteroatoms. The molecule has 0 aliphatic carbocycles. The Bertz CT molecular complexity index is 585. The molecule has 1 aliphatic heterocycles. The number of benzene rings is 1. The highest BCUT2D eigenvalue weighted by Gasteiger charge is 2.23. The van der Waals surface area contributed by atoms with E-state index in [-0.39, 0.29) is 35.8 Å². The molecule has 1 heterocycles. The molecule has 2 N–H and O–H groups in total. The number of methoxy groups -OCH3 is 1. The summed E-state index contributed by atoms with van der Waals surface area (Å²) in [7, 11) is 5.55. The fourth-order valence-electron chi connectivity index (χ4n) is 3.17. The zero-order valence-corrected chi connectivity index (χ0v) is 20.0. The first kappa shape index (κ1) is 26.0. The lowest BCUT2D eigenvalue weighted by molar-refractivity contribution is 0.0170. The van der Waals surface area contributed by atoms with Crippen molar-refractivity contribution in [2.24, 2.45) is 4.99 Å². The number of nitrogens with one attached hydrogen (secondary N) is 2. The average Bonchev–Trinajstić information content (AvgIpc) is 2.73. The second-order valence-corrected chi connectivity index (χ2v) is 6.89. The molecule has 29 heavy (non-hydrogen) atoms. The average molecular weight is 523 g/mol. The Hall–Kier alpha value is -1.01. The monoisotopic (exact) mass is 523 g/mol. The topological polar surface area (TPSA) is 61.4 Å². The van der Waals surface area contributed by atoms with Crippen LogP contribution in [0, 0.1) is 5.82 Å². The van der Waals surface area contributed by atoms with Crippen LogP contribution in [0.25, 0.3) is 0 Å². The summed E-state index contributed by atoms with van der Waals surface area (Å²) in [4.78, 5) is 8.90. The predicted molar refractivity (Wildman–Crippen MR) is 126 cm³/mol. The summed E-state index contributed by atoms with van der Waals surface area (Å²) in [6.07, 6.45) is 0. The molecular weight excluding hydrogens is 488 g/mol. The van der Waals surface area contributed by atoms with Gasteiger partial charge in [-0.15, -0.1) is 24.0 Å². The van der Waals surface area contributed by atoms with Crippen LogP contribution in [0.2, 0.25) is 0 Å². The van der Waals surface area contributed by atoms with Crippen LogP contribution in [0.15, 0.2) is 29.3 Å². The molecule has 1 aliphatic rings. The Morgan fingerprint density at radius 2 is 1.93 bits per heavy atom. The first-order valence-electron chi connectivity index (χ1n) is 9.83. The summed E-state index contributed by atoms with van der Waals surface area (Å²) in [6, 6.07) is 6.89. The fourth-order valence-corrected chi connectivity index (χ4v) is 3.17. The van der Waals surface area contributed by atoms with Crippen molar-refractivity contribution in [3.63, 3.8) is 0 Å². The Kier molecular flexibility index (Phi) is 13.4. The van der Waals surface area contributed by atoms with Crippen LogP contribution < -0.4 is 10.6 Å². The molecule has 0 amide bonds. The molecule has 0 spiro atoms. The zero-order chi connectivity index (χ0) is 20.2. The second kappa shape index (κ2) is 14.9. The molecule has 1 aromatic carbocycles. The van der Waals surface area contributed by atoms with Crippen molar-refractivity contribution < 1.29 is 13.9 Å². The van der Waals surface area contributed by atoms with Crippen LogP contribution in [-0.2, 0) is 9.47 Å². The van der Waals surface area contributed by atoms with Crippen LogP contribution in [0.1, 0.15) is 11.6 Å². The number of rotatable bonds is 10. The normalized spacial score (nSPS) is 16.4. The van der Waals surface area contributed by atoms with E-state index in [4.69, 9.17) is 9.47 Å². The number of hydrogen-bond donors (Lipinski definition) is 2. The van der Waals surface area contributed by atoms with E-state index in [0.29, 0.717) is 6.54 Å². The van der Waals surface area contributed by atoms with E-state index in [1.54, 1.807) is 14.2 Å². The molecule has 0 radical (unpaired) electrons. The summed E-state index contributed by atoms with van der Waals surface area (Å²) in [6.45, 7) is 7.16. The van der Waals surface area contributed by atoms with Crippen LogP contribution in [0.5, 0.6) is 0 Å². The van der Waals surface area contributed by atoms with E-state index in [1.165, 1.54) is 12.1 Å². The maximum absolute atomic E-state index is 13.4. The molecule has 1 aromatic rings. The molecule has 7 nitrogen and oxygen atoms in total. The summed E-state index contributed by atoms with van der Waals surface area (Å²) in [5, 5.41) is 6.77. The summed E-state index contributed by atoms with van der Waals surface area (Å²) in [5.41, 5.74) is 1.09. The van der Waals surface area contributed by atoms with E-state index >= 15 is 0 Å². The Labute approximate surface area is 191 Å². The third-order valence-corrected chi connectivity index (χ3v) is 4.89. The van der Waals surface area contributed by atoms with Crippen molar-refractivity contribution in [1.82, 2.24) is 20.4 Å². The smallest absolute Gasteiger partial charge is 0.191 e. The van der Waals surface area contributed by atoms with Gasteiger partial charge in [-0.25, -0.2) is 4.39 Å². The second-order valence-electron chi connectivity index (χ2n) is 6.89. The largest absolute Gasteiger partial charge is 0.383 e. The van der Waals surface area contributed by atoms with Gasteiger partial charge in [-0.2, -0.15) is 0 Å². The maximum Gasteiger partial charge on any atom is 0.191 e. The number of halogens is 2. The Morgan fingerprint density at radius 1 is 1.24 bits per heavy atom. The molecule has 1 saturated heterocycles. The van der Waals surface area contributed by atoms with Gasteiger partial charge in [-0.05, 0) is 24.7 Å². The van der Waals surface area contributed by atoms with Gasteiger partial charge >= 0.3 is 0 Å². The van der Waals surface area contributed by atoms with E-state index in [2.05, 4.69) is 32.5 Å². The minimum atomic E-state index is -0.215. The minimum absolute atomic E-state index is 0. The minimum Gasteiger partial charge on any atom is -0.383 e. The summed E-state index contributed by atoms with van der Waals surface area (Å²) >= 11 is 0. The summed E-state index contributed by atoms with van der Waals surface area (Å²) < 4.78 is 23.9. The highest BCUT2D eigenvalue weighted by Crippen LogP contribution is 2.21. The lowest BCUT2D eigenvalue weighted by Gasteiger charge is -2.35. The van der Waals surface area contributed by atoms with Gasteiger partial charge < -0.3 is 25.0 Å². The molecule has 1 unspecified atom stereocenters. The van der Waals surface area contributed by atoms with E-state index in [9.17, 15) is 4.39 Å². The maximum atomic E-state index is 13.4. The van der Waals surface area contributed by atoms with Crippen LogP contribution in [-0.4, -0.2) is 96.1 Å². The highest BCUT2D eigenvalue weighted by atomic mass is 127. The van der Waals surface area contributed by atoms with Gasteiger partial charge in [0.1, 0.15) is 5.82 Å². The number of nitrogens with zero attached hydrogens (tertiary/aromatic N) is 3. The molecule has 0 bridgehead atoms. The first-order chi connectivity index (χ1) is 13.6. The molecule has 1 atom stereocenters. The van der Waals surface area contributed by atoms with Crippen LogP contribution >= 0.6 is 24.0 Å². The van der Waals surface area contributed by atoms with Crippen molar-refractivity contribution in [2.75, 3.05) is 80.3 Å². The molecule has 2 rings (SSSR count). The van der Waals surface area contributed by atoms with Gasteiger partial charge in [0, 0.05) is 53.4 Å². The Morgan fingerprint density at radius 3 is 2.55 bits per heavy atom. The van der Waals surface area contributed by atoms with E-state index < -0.39 is 0 Å². The van der Waals surface area contributed by atoms with Crippen molar-refractivity contribution >= 4 is 29.9 Å². The van der Waals surface area contributed by atoms with E-state index in [1.807, 2.05) is 12.1 Å². The lowest BCUT2D eigenvalue weighted by atomic mass is 10.0. The van der Waals surface area contributed by atoms with Crippen molar-refractivity contribution in [2.45, 2.75) is 6.04 Å². The number of hydrogen-bond acceptors (Lipinski definition) is 5. The summed E-state index contributed by atoms with van der Waals surface area (Å²) in [5.74, 6) is 0.549. The van der Waals surface area contributed by atoms with Crippen LogP contribution in [0.3, 0.4) is 0 Å². The zero-order valence-electron chi connectivity index (χ0n) is 17.7. The quantitative estimate of drug-likeness (QED) is 0.276. The van der Waals surface area contributed by atoms with Gasteiger partial charge in [-0.1, -0.05) is 12.1 Å². The van der Waals surface area contributed by atoms with Gasteiger partial charge in [-0.3, -0.25) is 9.89 Å². The molecule has 166 valence electrons. The van der Waals surface area contributed by atoms with Gasteiger partial charge in [0.05, 0.1) is 25.9 Å². The standard InChI is InChI=1S/C20H34FN5O2.HI/c1-22-20(23-8-9-25(2)10-13-27-3)24-16-19(26-11-14-28-15-12-26)17-4-6-18(21)7-5-17;/h4-7,19H,8-16H2,1-3H3,(H2,22,23,24);1H. The first-order valence-corrected chi connectivity index (χ1v) is 9.83. The number of likely N-dealkylation sites (N-methyl/N-ethyl adjacent to an activating group) is 1.